The lowest BCUT2D eigenvalue weighted by atomic mass is 9.56. The van der Waals surface area contributed by atoms with Gasteiger partial charge >= 0.3 is 14.1 Å². The maximum atomic E-state index is 7.32. The normalized spacial score (nSPS) is 14.2. The summed E-state index contributed by atoms with van der Waals surface area (Å²) in [5.41, 5.74) is 8.47. The predicted molar refractivity (Wildman–Crippen MR) is 179 cm³/mol. The van der Waals surface area contributed by atoms with Crippen LogP contribution in [-0.4, -0.2) is 27.2 Å². The first-order valence-corrected chi connectivity index (χ1v) is 14.4. The zero-order valence-electron chi connectivity index (χ0n) is 22.6. The summed E-state index contributed by atoms with van der Waals surface area (Å²) in [6.07, 6.45) is 8.25. The molecule has 0 unspecified atom stereocenters. The summed E-state index contributed by atoms with van der Waals surface area (Å²) in [5.74, 6) is 0. The van der Waals surface area contributed by atoms with E-state index in [-0.39, 0.29) is 0 Å². The fraction of sp³-hybridized carbons (Fsp3) is 0.0588. The van der Waals surface area contributed by atoms with Gasteiger partial charge in [0.05, 0.1) is 0 Å². The summed E-state index contributed by atoms with van der Waals surface area (Å²) in [5, 5.41) is 1.35. The van der Waals surface area contributed by atoms with Crippen LogP contribution in [0.25, 0.3) is 23.1 Å². The Morgan fingerprint density at radius 3 is 1.46 bits per heavy atom. The van der Waals surface area contributed by atoms with Crippen LogP contribution in [0.4, 0.5) is 11.4 Å². The smallest absolute Gasteiger partial charge is 0.439 e. The summed E-state index contributed by atoms with van der Waals surface area (Å²) in [4.78, 5) is 4.53. The number of fused-ring (bicyclic) bond motifs is 2. The molecule has 0 amide bonds. The van der Waals surface area contributed by atoms with Crippen LogP contribution in [-0.2, 0) is 4.57 Å². The standard InChI is InChI=1S/C34H28B2Cl2N2O/c1-3-19-39-33-17-7-5-11-27(33)23-31(25-13-9-15-29(37)21-25)35(39)41-36-32(26-14-10-16-30(38)22-26)24-28-12-6-8-18-34(28)40(36)20-4-2/h3-18,21-24H,1-2,19-20H2. The molecule has 7 heteroatoms. The zero-order chi connectivity index (χ0) is 28.3. The molecular weight excluding hydrogens is 545 g/mol. The fourth-order valence-electron chi connectivity index (χ4n) is 5.68. The number of anilines is 2. The SMILES string of the molecule is C=CCN1B(OB2C(c3cccc(Cl)c3)=Cc3ccccc3N2CC=C)C(c2cccc(Cl)c2)=Cc2ccccc21. The van der Waals surface area contributed by atoms with Crippen molar-refractivity contribution in [3.63, 3.8) is 0 Å². The molecule has 0 fully saturated rings. The lowest BCUT2D eigenvalue weighted by Gasteiger charge is -2.42. The molecule has 2 heterocycles. The molecule has 3 nitrogen and oxygen atoms in total. The van der Waals surface area contributed by atoms with E-state index in [1.807, 2.05) is 48.6 Å². The van der Waals surface area contributed by atoms with E-state index in [1.165, 1.54) is 0 Å². The van der Waals surface area contributed by atoms with E-state index < -0.39 is 14.1 Å². The monoisotopic (exact) mass is 572 g/mol. The van der Waals surface area contributed by atoms with E-state index in [1.54, 1.807) is 0 Å². The van der Waals surface area contributed by atoms with E-state index in [0.29, 0.717) is 23.1 Å². The molecule has 0 bridgehead atoms. The van der Waals surface area contributed by atoms with Gasteiger partial charge in [0.1, 0.15) is 0 Å². The van der Waals surface area contributed by atoms with Crippen molar-refractivity contribution in [2.24, 2.45) is 0 Å². The molecule has 4 aromatic rings. The number of halogens is 2. The van der Waals surface area contributed by atoms with Gasteiger partial charge in [-0.25, -0.2) is 0 Å². The van der Waals surface area contributed by atoms with Crippen LogP contribution in [0.2, 0.25) is 10.0 Å². The van der Waals surface area contributed by atoms with Gasteiger partial charge in [0.15, 0.2) is 0 Å². The minimum absolute atomic E-state index is 0.438. The molecule has 0 aliphatic carbocycles. The number of rotatable bonds is 8. The molecule has 0 saturated heterocycles. The summed E-state index contributed by atoms with van der Waals surface area (Å²) in [6, 6.07) is 32.6. The van der Waals surface area contributed by atoms with Gasteiger partial charge in [-0.05, 0) is 69.6 Å². The van der Waals surface area contributed by atoms with E-state index >= 15 is 0 Å². The van der Waals surface area contributed by atoms with Crippen LogP contribution in [0, 0.1) is 0 Å². The zero-order valence-corrected chi connectivity index (χ0v) is 24.1. The topological polar surface area (TPSA) is 15.7 Å². The van der Waals surface area contributed by atoms with Crippen LogP contribution in [0.3, 0.4) is 0 Å². The molecular formula is C34H28B2Cl2N2O. The maximum Gasteiger partial charge on any atom is 0.439 e. The molecule has 0 radical (unpaired) electrons. The van der Waals surface area contributed by atoms with Crippen molar-refractivity contribution in [2.75, 3.05) is 22.7 Å². The van der Waals surface area contributed by atoms with Crippen molar-refractivity contribution in [2.45, 2.75) is 0 Å². The van der Waals surface area contributed by atoms with E-state index in [0.717, 1.165) is 44.6 Å². The molecule has 41 heavy (non-hydrogen) atoms. The average molecular weight is 573 g/mol. The summed E-state index contributed by atoms with van der Waals surface area (Å²) in [7, 11) is -0.877. The van der Waals surface area contributed by atoms with Crippen molar-refractivity contribution in [3.8, 4) is 0 Å². The summed E-state index contributed by atoms with van der Waals surface area (Å²) >= 11 is 13.0. The number of benzene rings is 4. The maximum absolute atomic E-state index is 7.32. The van der Waals surface area contributed by atoms with Crippen molar-refractivity contribution < 1.29 is 4.57 Å². The molecule has 0 spiro atoms. The highest BCUT2D eigenvalue weighted by Gasteiger charge is 2.43. The molecule has 0 aromatic heterocycles. The van der Waals surface area contributed by atoms with Gasteiger partial charge < -0.3 is 14.2 Å². The molecule has 2 aliphatic heterocycles. The van der Waals surface area contributed by atoms with E-state index in [2.05, 4.69) is 95.6 Å². The Labute approximate surface area is 252 Å². The Hall–Kier alpha value is -3.89. The highest BCUT2D eigenvalue weighted by molar-refractivity contribution is 6.90. The van der Waals surface area contributed by atoms with Crippen molar-refractivity contribution >= 4 is 71.8 Å². The average Bonchev–Trinajstić information content (AvgIpc) is 2.99. The Balaban J connectivity index is 1.54. The van der Waals surface area contributed by atoms with Gasteiger partial charge in [-0.15, -0.1) is 13.2 Å². The van der Waals surface area contributed by atoms with Gasteiger partial charge in [0, 0.05) is 34.5 Å². The van der Waals surface area contributed by atoms with Gasteiger partial charge in [-0.1, -0.05) is 108 Å². The number of nitrogens with zero attached hydrogens (tertiary/aromatic N) is 2. The van der Waals surface area contributed by atoms with Gasteiger partial charge in [-0.3, -0.25) is 0 Å². The molecule has 0 saturated carbocycles. The van der Waals surface area contributed by atoms with Crippen LogP contribution >= 0.6 is 23.2 Å². The van der Waals surface area contributed by atoms with Gasteiger partial charge in [-0.2, -0.15) is 0 Å². The molecule has 0 atom stereocenters. The van der Waals surface area contributed by atoms with Crippen LogP contribution < -0.4 is 9.62 Å². The minimum Gasteiger partial charge on any atom is -0.454 e. The minimum atomic E-state index is -0.438. The second kappa shape index (κ2) is 11.9. The first kappa shape index (κ1) is 27.3. The Kier molecular flexibility index (Phi) is 7.93. The van der Waals surface area contributed by atoms with Crippen LogP contribution in [0.5, 0.6) is 0 Å². The number of hydrogen-bond acceptors (Lipinski definition) is 3. The molecule has 4 aromatic carbocycles. The number of para-hydroxylation sites is 2. The van der Waals surface area contributed by atoms with Crippen molar-refractivity contribution in [1.29, 1.82) is 0 Å². The molecule has 2 aliphatic rings. The third kappa shape index (κ3) is 5.41. The summed E-state index contributed by atoms with van der Waals surface area (Å²) < 4.78 is 7.32. The van der Waals surface area contributed by atoms with Crippen molar-refractivity contribution in [1.82, 2.24) is 0 Å². The van der Waals surface area contributed by atoms with E-state index in [9.17, 15) is 0 Å². The highest BCUT2D eigenvalue weighted by Crippen LogP contribution is 2.41. The Morgan fingerprint density at radius 1 is 0.610 bits per heavy atom. The fourth-order valence-corrected chi connectivity index (χ4v) is 6.06. The Bertz CT molecular complexity index is 1560. The quantitative estimate of drug-likeness (QED) is 0.155. The van der Waals surface area contributed by atoms with Crippen LogP contribution in [0.1, 0.15) is 22.3 Å². The molecule has 6 rings (SSSR count). The molecule has 200 valence electrons. The van der Waals surface area contributed by atoms with Crippen LogP contribution in [0.15, 0.2) is 122 Å². The summed E-state index contributed by atoms with van der Waals surface area (Å²) in [6.45, 7) is 9.35. The number of hydrogen-bond donors (Lipinski definition) is 0. The lowest BCUT2D eigenvalue weighted by Crippen LogP contribution is -2.55. The third-order valence-corrected chi connectivity index (χ3v) is 7.91. The first-order valence-electron chi connectivity index (χ1n) is 13.6. The third-order valence-electron chi connectivity index (χ3n) is 7.44. The van der Waals surface area contributed by atoms with Gasteiger partial charge in [0.25, 0.3) is 0 Å². The first-order chi connectivity index (χ1) is 20.1. The van der Waals surface area contributed by atoms with E-state index in [4.69, 9.17) is 27.8 Å². The van der Waals surface area contributed by atoms with Crippen molar-refractivity contribution in [3.05, 3.63) is 155 Å². The van der Waals surface area contributed by atoms with Gasteiger partial charge in [0.2, 0.25) is 0 Å². The second-order valence-electron chi connectivity index (χ2n) is 10.1. The largest absolute Gasteiger partial charge is 0.454 e. The lowest BCUT2D eigenvalue weighted by molar-refractivity contribution is 0.595. The Morgan fingerprint density at radius 2 is 1.05 bits per heavy atom. The predicted octanol–water partition coefficient (Wildman–Crippen LogP) is 8.86. The molecule has 0 N–H and O–H groups in total. The highest BCUT2D eigenvalue weighted by atomic mass is 35.5. The second-order valence-corrected chi connectivity index (χ2v) is 10.9.